The van der Waals surface area contributed by atoms with Crippen molar-refractivity contribution in [1.29, 1.82) is 0 Å². The molecule has 0 aliphatic carbocycles. The molecule has 0 spiro atoms. The number of unbranched alkanes of at least 4 members (excludes halogenated alkanes) is 3. The number of halogens is 1. The number of rotatable bonds is 9. The zero-order valence-electron chi connectivity index (χ0n) is 14.7. The van der Waals surface area contributed by atoms with Crippen molar-refractivity contribution in [2.45, 2.75) is 59.4 Å². The Morgan fingerprint density at radius 2 is 1.91 bits per heavy atom. The lowest BCUT2D eigenvalue weighted by Crippen LogP contribution is -2.17. The topological polar surface area (TPSA) is 43.8 Å². The van der Waals surface area contributed by atoms with Crippen LogP contribution in [0.5, 0.6) is 0 Å². The van der Waals surface area contributed by atoms with Crippen molar-refractivity contribution in [3.63, 3.8) is 0 Å². The molecule has 0 aliphatic heterocycles. The Morgan fingerprint density at radius 3 is 2.61 bits per heavy atom. The zero-order valence-corrected chi connectivity index (χ0v) is 14.7. The summed E-state index contributed by atoms with van der Waals surface area (Å²) in [7, 11) is 0. The molecule has 0 saturated heterocycles. The van der Waals surface area contributed by atoms with Gasteiger partial charge in [0.15, 0.2) is 0 Å². The average molecular weight is 319 g/mol. The van der Waals surface area contributed by atoms with Gasteiger partial charge in [-0.05, 0) is 49.8 Å². The average Bonchev–Trinajstić information content (AvgIpc) is 2.80. The first-order valence-corrected chi connectivity index (χ1v) is 8.81. The third-order valence-corrected chi connectivity index (χ3v) is 4.78. The number of fused-ring (bicyclic) bond motifs is 1. The second-order valence-corrected chi connectivity index (χ2v) is 6.91. The Balaban J connectivity index is 2.06. The molecule has 1 aromatic carbocycles. The monoisotopic (exact) mass is 319 g/mol. The minimum absolute atomic E-state index is 0.184. The van der Waals surface area contributed by atoms with Crippen molar-refractivity contribution in [3.8, 4) is 0 Å². The van der Waals surface area contributed by atoms with Crippen LogP contribution in [0, 0.1) is 18.8 Å². The lowest BCUT2D eigenvalue weighted by Gasteiger charge is -2.22. The summed E-state index contributed by atoms with van der Waals surface area (Å²) in [6.07, 6.45) is 5.22. The molecule has 2 aromatic rings. The Hall–Kier alpha value is -1.58. The second-order valence-electron chi connectivity index (χ2n) is 6.91. The van der Waals surface area contributed by atoms with E-state index in [-0.39, 0.29) is 6.67 Å². The lowest BCUT2D eigenvalue weighted by atomic mass is 9.90. The van der Waals surface area contributed by atoms with Gasteiger partial charge in [-0.1, -0.05) is 33.1 Å². The van der Waals surface area contributed by atoms with Gasteiger partial charge in [-0.2, -0.15) is 0 Å². The van der Waals surface area contributed by atoms with Crippen LogP contribution in [0.3, 0.4) is 0 Å². The molecule has 128 valence electrons. The maximum atomic E-state index is 12.2. The minimum atomic E-state index is -0.184. The number of anilines is 1. The van der Waals surface area contributed by atoms with E-state index in [2.05, 4.69) is 36.4 Å². The first-order valence-electron chi connectivity index (χ1n) is 8.81. The molecule has 0 unspecified atom stereocenters. The second kappa shape index (κ2) is 8.32. The number of nitrogens with zero attached hydrogens (tertiary/aromatic N) is 2. The van der Waals surface area contributed by atoms with Crippen molar-refractivity contribution >= 4 is 16.7 Å². The predicted molar refractivity (Wildman–Crippen MR) is 96.3 cm³/mol. The fourth-order valence-electron chi connectivity index (χ4n) is 3.22. The molecule has 0 aliphatic rings. The largest absolute Gasteiger partial charge is 0.399 e. The third-order valence-electron chi connectivity index (χ3n) is 4.78. The number of nitrogens with two attached hydrogens (primary N) is 1. The van der Waals surface area contributed by atoms with Crippen molar-refractivity contribution in [2.24, 2.45) is 11.8 Å². The SMILES string of the molecule is Cc1nc2cc(N)ccc2n1C[C@H](CCCCCCF)C(C)C. The number of nitrogen functional groups attached to an aromatic ring is 1. The molecule has 0 bridgehead atoms. The molecule has 4 heteroatoms. The van der Waals surface area contributed by atoms with Gasteiger partial charge in [0.25, 0.3) is 0 Å². The number of benzene rings is 1. The van der Waals surface area contributed by atoms with E-state index in [9.17, 15) is 4.39 Å². The van der Waals surface area contributed by atoms with Crippen LogP contribution >= 0.6 is 0 Å². The van der Waals surface area contributed by atoms with Crippen LogP contribution in [0.2, 0.25) is 0 Å². The Labute approximate surface area is 139 Å². The van der Waals surface area contributed by atoms with Crippen LogP contribution in [0.1, 0.15) is 51.8 Å². The van der Waals surface area contributed by atoms with Crippen molar-refractivity contribution in [2.75, 3.05) is 12.4 Å². The molecule has 23 heavy (non-hydrogen) atoms. The summed E-state index contributed by atoms with van der Waals surface area (Å²) in [5, 5.41) is 0. The minimum Gasteiger partial charge on any atom is -0.399 e. The summed E-state index contributed by atoms with van der Waals surface area (Å²) in [5.41, 5.74) is 8.77. The maximum Gasteiger partial charge on any atom is 0.106 e. The molecule has 0 radical (unpaired) electrons. The highest BCUT2D eigenvalue weighted by molar-refractivity contribution is 5.79. The van der Waals surface area contributed by atoms with Crippen LogP contribution in [0.25, 0.3) is 11.0 Å². The lowest BCUT2D eigenvalue weighted by molar-refractivity contribution is 0.303. The van der Waals surface area contributed by atoms with Crippen molar-refractivity contribution in [1.82, 2.24) is 9.55 Å². The first-order chi connectivity index (χ1) is 11.0. The van der Waals surface area contributed by atoms with E-state index in [0.717, 1.165) is 36.4 Å². The quantitative estimate of drug-likeness (QED) is 0.515. The smallest absolute Gasteiger partial charge is 0.106 e. The van der Waals surface area contributed by atoms with Gasteiger partial charge in [-0.3, -0.25) is 4.39 Å². The van der Waals surface area contributed by atoms with Gasteiger partial charge in [-0.15, -0.1) is 0 Å². The van der Waals surface area contributed by atoms with E-state index < -0.39 is 0 Å². The van der Waals surface area contributed by atoms with Crippen LogP contribution < -0.4 is 5.73 Å². The molecule has 3 nitrogen and oxygen atoms in total. The van der Waals surface area contributed by atoms with Crippen molar-refractivity contribution < 1.29 is 4.39 Å². The van der Waals surface area contributed by atoms with E-state index in [1.807, 2.05) is 12.1 Å². The summed E-state index contributed by atoms with van der Waals surface area (Å²) in [6.45, 7) is 7.45. The number of alkyl halides is 1. The van der Waals surface area contributed by atoms with Crippen LogP contribution in [0.15, 0.2) is 18.2 Å². The standard InChI is InChI=1S/C19H30FN3/c1-14(2)16(8-6-4-5-7-11-20)13-23-15(3)22-18-12-17(21)9-10-19(18)23/h9-10,12,14,16H,4-8,11,13,21H2,1-3H3/t16-/m0/s1. The number of imidazole rings is 1. The first kappa shape index (κ1) is 17.8. The Kier molecular flexibility index (Phi) is 6.43. The third kappa shape index (κ3) is 4.69. The summed E-state index contributed by atoms with van der Waals surface area (Å²) >= 11 is 0. The van der Waals surface area contributed by atoms with E-state index in [1.54, 1.807) is 0 Å². The van der Waals surface area contributed by atoms with Crippen LogP contribution in [-0.2, 0) is 6.54 Å². The summed E-state index contributed by atoms with van der Waals surface area (Å²) in [6, 6.07) is 5.96. The molecule has 0 fully saturated rings. The molecule has 2 rings (SSSR count). The normalized spacial score (nSPS) is 13.1. The molecular weight excluding hydrogens is 289 g/mol. The molecule has 1 aromatic heterocycles. The Bertz CT molecular complexity index is 618. The van der Waals surface area contributed by atoms with Crippen molar-refractivity contribution in [3.05, 3.63) is 24.0 Å². The maximum absolute atomic E-state index is 12.2. The predicted octanol–water partition coefficient (Wildman–Crippen LogP) is 5.12. The van der Waals surface area contributed by atoms with Gasteiger partial charge < -0.3 is 10.3 Å². The highest BCUT2D eigenvalue weighted by Crippen LogP contribution is 2.25. The number of hydrogen-bond acceptors (Lipinski definition) is 2. The van der Waals surface area contributed by atoms with Gasteiger partial charge in [0.05, 0.1) is 17.7 Å². The molecule has 2 N–H and O–H groups in total. The molecule has 1 atom stereocenters. The molecule has 0 amide bonds. The van der Waals surface area contributed by atoms with Gasteiger partial charge in [0.2, 0.25) is 0 Å². The van der Waals surface area contributed by atoms with Gasteiger partial charge in [0, 0.05) is 12.2 Å². The number of aryl methyl sites for hydroxylation is 1. The molecule has 1 heterocycles. The number of hydrogen-bond donors (Lipinski definition) is 1. The van der Waals surface area contributed by atoms with E-state index in [1.165, 1.54) is 18.4 Å². The highest BCUT2D eigenvalue weighted by atomic mass is 19.1. The van der Waals surface area contributed by atoms with Gasteiger partial charge >= 0.3 is 0 Å². The fraction of sp³-hybridized carbons (Fsp3) is 0.632. The van der Waals surface area contributed by atoms with E-state index in [4.69, 9.17) is 5.73 Å². The summed E-state index contributed by atoms with van der Waals surface area (Å²) in [4.78, 5) is 4.65. The Morgan fingerprint density at radius 1 is 1.17 bits per heavy atom. The van der Waals surface area contributed by atoms with E-state index in [0.29, 0.717) is 18.3 Å². The molecule has 0 saturated carbocycles. The zero-order chi connectivity index (χ0) is 16.8. The van der Waals surface area contributed by atoms with Gasteiger partial charge in [0.1, 0.15) is 5.82 Å². The van der Waals surface area contributed by atoms with E-state index >= 15 is 0 Å². The highest BCUT2D eigenvalue weighted by Gasteiger charge is 2.17. The summed E-state index contributed by atoms with van der Waals surface area (Å²) < 4.78 is 14.5. The molecular formula is C19H30FN3. The number of aromatic nitrogens is 2. The fourth-order valence-corrected chi connectivity index (χ4v) is 3.22. The summed E-state index contributed by atoms with van der Waals surface area (Å²) in [5.74, 6) is 2.30. The van der Waals surface area contributed by atoms with Crippen LogP contribution in [-0.4, -0.2) is 16.2 Å². The van der Waals surface area contributed by atoms with Gasteiger partial charge in [-0.25, -0.2) is 4.98 Å². The van der Waals surface area contributed by atoms with Crippen LogP contribution in [0.4, 0.5) is 10.1 Å².